The van der Waals surface area contributed by atoms with Gasteiger partial charge in [0.25, 0.3) is 0 Å². The summed E-state index contributed by atoms with van der Waals surface area (Å²) in [6, 6.07) is 0. The second-order valence-corrected chi connectivity index (χ2v) is 4.54. The quantitative estimate of drug-likeness (QED) is 0.567. The van der Waals surface area contributed by atoms with Gasteiger partial charge in [0.15, 0.2) is 0 Å². The van der Waals surface area contributed by atoms with E-state index in [4.69, 9.17) is 4.74 Å². The van der Waals surface area contributed by atoms with E-state index in [1.807, 2.05) is 0 Å². The van der Waals surface area contributed by atoms with Gasteiger partial charge in [-0.2, -0.15) is 0 Å². The molecule has 0 saturated heterocycles. The average molecular weight is 249 g/mol. The predicted octanol–water partition coefficient (Wildman–Crippen LogP) is 2.89. The summed E-state index contributed by atoms with van der Waals surface area (Å²) in [5, 5.41) is 0.952. The van der Waals surface area contributed by atoms with Crippen molar-refractivity contribution in [2.75, 3.05) is 11.9 Å². The van der Waals surface area contributed by atoms with Crippen LogP contribution >= 0.6 is 15.9 Å². The summed E-state index contributed by atoms with van der Waals surface area (Å²) in [5.41, 5.74) is 0.226. The van der Waals surface area contributed by atoms with Gasteiger partial charge in [0.1, 0.15) is 0 Å². The Hall–Kier alpha value is -0.0500. The molecule has 3 heteroatoms. The van der Waals surface area contributed by atoms with Gasteiger partial charge in [-0.25, -0.2) is 0 Å². The first kappa shape index (κ1) is 11.0. The molecule has 13 heavy (non-hydrogen) atoms. The number of rotatable bonds is 3. The molecule has 1 fully saturated rings. The molecule has 0 N–H and O–H groups in total. The standard InChI is InChI=1S/C10H17BrO2/c1-9(12)13-8-10(7-11)5-3-2-4-6-10/h2-8H2,1H3. The monoisotopic (exact) mass is 248 g/mol. The molecule has 0 heterocycles. The van der Waals surface area contributed by atoms with Crippen LogP contribution in [0, 0.1) is 5.41 Å². The summed E-state index contributed by atoms with van der Waals surface area (Å²) in [6.07, 6.45) is 6.24. The Labute approximate surface area is 88.2 Å². The fourth-order valence-corrected chi connectivity index (χ4v) is 2.60. The van der Waals surface area contributed by atoms with E-state index in [0.29, 0.717) is 6.61 Å². The zero-order valence-electron chi connectivity index (χ0n) is 8.14. The van der Waals surface area contributed by atoms with Gasteiger partial charge >= 0.3 is 5.97 Å². The van der Waals surface area contributed by atoms with Crippen LogP contribution in [0.15, 0.2) is 0 Å². The number of ether oxygens (including phenoxy) is 1. The fraction of sp³-hybridized carbons (Fsp3) is 0.900. The third kappa shape index (κ3) is 3.29. The minimum atomic E-state index is -0.161. The van der Waals surface area contributed by atoms with Crippen molar-refractivity contribution < 1.29 is 9.53 Å². The van der Waals surface area contributed by atoms with Crippen LogP contribution in [0.2, 0.25) is 0 Å². The van der Waals surface area contributed by atoms with Crippen molar-refractivity contribution in [2.24, 2.45) is 5.41 Å². The molecule has 0 amide bonds. The number of carbonyl (C=O) groups is 1. The highest BCUT2D eigenvalue weighted by atomic mass is 79.9. The molecule has 0 aliphatic heterocycles. The number of hydrogen-bond acceptors (Lipinski definition) is 2. The summed E-state index contributed by atoms with van der Waals surface area (Å²) >= 11 is 3.53. The average Bonchev–Trinajstić information content (AvgIpc) is 2.16. The molecular weight excluding hydrogens is 232 g/mol. The maximum atomic E-state index is 10.7. The van der Waals surface area contributed by atoms with E-state index in [-0.39, 0.29) is 11.4 Å². The second kappa shape index (κ2) is 4.99. The van der Waals surface area contributed by atoms with Crippen LogP contribution < -0.4 is 0 Å². The van der Waals surface area contributed by atoms with Gasteiger partial charge in [-0.3, -0.25) is 4.79 Å². The molecular formula is C10H17BrO2. The molecule has 1 rings (SSSR count). The molecule has 76 valence electrons. The van der Waals surface area contributed by atoms with Crippen LogP contribution in [0.4, 0.5) is 0 Å². The van der Waals surface area contributed by atoms with Crippen molar-refractivity contribution >= 4 is 21.9 Å². The molecule has 1 saturated carbocycles. The Kier molecular flexibility index (Phi) is 4.23. The van der Waals surface area contributed by atoms with Crippen LogP contribution in [-0.4, -0.2) is 17.9 Å². The Morgan fingerprint density at radius 3 is 2.46 bits per heavy atom. The lowest BCUT2D eigenvalue weighted by Crippen LogP contribution is -2.32. The molecule has 0 spiro atoms. The van der Waals surface area contributed by atoms with Gasteiger partial charge in [0, 0.05) is 17.7 Å². The van der Waals surface area contributed by atoms with Gasteiger partial charge in [-0.15, -0.1) is 0 Å². The SMILES string of the molecule is CC(=O)OCC1(CBr)CCCCC1. The first-order valence-electron chi connectivity index (χ1n) is 4.88. The molecule has 0 radical (unpaired) electrons. The van der Waals surface area contributed by atoms with Gasteiger partial charge in [0.05, 0.1) is 6.61 Å². The highest BCUT2D eigenvalue weighted by Gasteiger charge is 2.31. The number of halogens is 1. The smallest absolute Gasteiger partial charge is 0.302 e. The van der Waals surface area contributed by atoms with E-state index in [1.54, 1.807) is 0 Å². The van der Waals surface area contributed by atoms with Crippen LogP contribution in [-0.2, 0) is 9.53 Å². The van der Waals surface area contributed by atoms with Crippen molar-refractivity contribution in [2.45, 2.75) is 39.0 Å². The highest BCUT2D eigenvalue weighted by Crippen LogP contribution is 2.37. The first-order valence-corrected chi connectivity index (χ1v) is 6.00. The fourth-order valence-electron chi connectivity index (χ4n) is 1.87. The molecule has 2 nitrogen and oxygen atoms in total. The molecule has 1 aliphatic rings. The van der Waals surface area contributed by atoms with Crippen molar-refractivity contribution in [3.05, 3.63) is 0 Å². The Morgan fingerprint density at radius 2 is 2.00 bits per heavy atom. The summed E-state index contributed by atoms with van der Waals surface area (Å²) in [5.74, 6) is -0.161. The lowest BCUT2D eigenvalue weighted by Gasteiger charge is -2.34. The van der Waals surface area contributed by atoms with Crippen LogP contribution in [0.25, 0.3) is 0 Å². The van der Waals surface area contributed by atoms with Crippen molar-refractivity contribution in [3.8, 4) is 0 Å². The molecule has 1 aliphatic carbocycles. The molecule has 0 unspecified atom stereocenters. The van der Waals surface area contributed by atoms with Crippen LogP contribution in [0.1, 0.15) is 39.0 Å². The molecule has 0 atom stereocenters. The minimum absolute atomic E-state index is 0.161. The van der Waals surface area contributed by atoms with E-state index in [9.17, 15) is 4.79 Å². The number of carbonyl (C=O) groups excluding carboxylic acids is 1. The van der Waals surface area contributed by atoms with Gasteiger partial charge in [-0.05, 0) is 12.8 Å². The Morgan fingerprint density at radius 1 is 1.38 bits per heavy atom. The normalized spacial score (nSPS) is 21.1. The summed E-state index contributed by atoms with van der Waals surface area (Å²) in [7, 11) is 0. The van der Waals surface area contributed by atoms with Gasteiger partial charge < -0.3 is 4.74 Å². The second-order valence-electron chi connectivity index (χ2n) is 3.97. The number of hydrogen-bond donors (Lipinski definition) is 0. The zero-order chi connectivity index (χ0) is 9.73. The first-order chi connectivity index (χ1) is 6.18. The number of alkyl halides is 1. The lowest BCUT2D eigenvalue weighted by molar-refractivity contribution is -0.144. The van der Waals surface area contributed by atoms with E-state index < -0.39 is 0 Å². The number of esters is 1. The summed E-state index contributed by atoms with van der Waals surface area (Å²) in [4.78, 5) is 10.7. The third-order valence-corrected chi connectivity index (χ3v) is 3.97. The lowest BCUT2D eigenvalue weighted by atomic mass is 9.76. The predicted molar refractivity (Wildman–Crippen MR) is 55.9 cm³/mol. The van der Waals surface area contributed by atoms with Gasteiger partial charge in [0.2, 0.25) is 0 Å². The van der Waals surface area contributed by atoms with E-state index in [1.165, 1.54) is 39.0 Å². The largest absolute Gasteiger partial charge is 0.465 e. The van der Waals surface area contributed by atoms with E-state index >= 15 is 0 Å². The van der Waals surface area contributed by atoms with Crippen molar-refractivity contribution in [1.82, 2.24) is 0 Å². The summed E-state index contributed by atoms with van der Waals surface area (Å²) in [6.45, 7) is 2.07. The Bertz CT molecular complexity index is 174. The van der Waals surface area contributed by atoms with Crippen LogP contribution in [0.3, 0.4) is 0 Å². The molecule has 0 aromatic rings. The maximum Gasteiger partial charge on any atom is 0.302 e. The highest BCUT2D eigenvalue weighted by molar-refractivity contribution is 9.09. The molecule has 0 aromatic heterocycles. The molecule has 0 aromatic carbocycles. The maximum absolute atomic E-state index is 10.7. The van der Waals surface area contributed by atoms with Crippen LogP contribution in [0.5, 0.6) is 0 Å². The topological polar surface area (TPSA) is 26.3 Å². The minimum Gasteiger partial charge on any atom is -0.465 e. The van der Waals surface area contributed by atoms with E-state index in [0.717, 1.165) is 5.33 Å². The van der Waals surface area contributed by atoms with Crippen molar-refractivity contribution in [3.63, 3.8) is 0 Å². The van der Waals surface area contributed by atoms with Crippen molar-refractivity contribution in [1.29, 1.82) is 0 Å². The third-order valence-electron chi connectivity index (χ3n) is 2.78. The zero-order valence-corrected chi connectivity index (χ0v) is 9.73. The Balaban J connectivity index is 2.42. The summed E-state index contributed by atoms with van der Waals surface area (Å²) < 4.78 is 5.11. The van der Waals surface area contributed by atoms with E-state index in [2.05, 4.69) is 15.9 Å². The molecule has 0 bridgehead atoms. The van der Waals surface area contributed by atoms with Gasteiger partial charge in [-0.1, -0.05) is 35.2 Å².